The lowest BCUT2D eigenvalue weighted by Gasteiger charge is -2.46. The minimum atomic E-state index is -4.91. The molecule has 2 rings (SSSR count). The van der Waals surface area contributed by atoms with Gasteiger partial charge in [-0.05, 0) is 0 Å². The average molecular weight is 463 g/mol. The Hall–Kier alpha value is -1.02. The summed E-state index contributed by atoms with van der Waals surface area (Å²) in [4.78, 5) is 11.4. The van der Waals surface area contributed by atoms with Gasteiger partial charge in [0.25, 0.3) is 0 Å². The van der Waals surface area contributed by atoms with Crippen molar-refractivity contribution in [1.82, 2.24) is 5.32 Å². The second kappa shape index (κ2) is 10.1. The summed E-state index contributed by atoms with van der Waals surface area (Å²) in [6.07, 6.45) is -15.4. The Labute approximate surface area is 170 Å². The van der Waals surface area contributed by atoms with Crippen molar-refractivity contribution in [3.8, 4) is 0 Å². The molecule has 30 heavy (non-hydrogen) atoms. The Morgan fingerprint density at radius 1 is 1.00 bits per heavy atom. The third-order valence-corrected chi connectivity index (χ3v) is 5.02. The number of aliphatic hydroxyl groups is 6. The topological polar surface area (TPSA) is 242 Å². The lowest BCUT2D eigenvalue weighted by Crippen LogP contribution is -2.67. The van der Waals surface area contributed by atoms with E-state index in [1.54, 1.807) is 0 Å². The molecule has 176 valence electrons. The fourth-order valence-corrected chi connectivity index (χ4v) is 3.42. The van der Waals surface area contributed by atoms with Crippen LogP contribution in [0.1, 0.15) is 6.92 Å². The Morgan fingerprint density at radius 3 is 2.17 bits per heavy atom. The van der Waals surface area contributed by atoms with Crippen molar-refractivity contribution in [3.05, 3.63) is 0 Å². The predicted molar refractivity (Wildman–Crippen MR) is 90.6 cm³/mol. The first-order valence-corrected chi connectivity index (χ1v) is 10.1. The number of ether oxygens (including phenoxy) is 3. The molecule has 0 saturated carbocycles. The summed E-state index contributed by atoms with van der Waals surface area (Å²) in [5.74, 6) is -0.647. The Morgan fingerprint density at radius 2 is 1.63 bits per heavy atom. The van der Waals surface area contributed by atoms with Gasteiger partial charge >= 0.3 is 10.4 Å². The fraction of sp³-hybridized carbons (Fsp3) is 0.929. The fourth-order valence-electron chi connectivity index (χ4n) is 3.11. The van der Waals surface area contributed by atoms with E-state index in [1.165, 1.54) is 0 Å². The van der Waals surface area contributed by atoms with Crippen LogP contribution in [0.4, 0.5) is 0 Å². The maximum atomic E-state index is 11.4. The number of aliphatic hydroxyl groups excluding tert-OH is 6. The highest BCUT2D eigenvalue weighted by molar-refractivity contribution is 7.80. The van der Waals surface area contributed by atoms with Crippen molar-refractivity contribution in [2.24, 2.45) is 0 Å². The smallest absolute Gasteiger partial charge is 0.394 e. The molecule has 2 heterocycles. The van der Waals surface area contributed by atoms with E-state index in [2.05, 4.69) is 9.50 Å². The van der Waals surface area contributed by atoms with Gasteiger partial charge in [-0.1, -0.05) is 0 Å². The van der Waals surface area contributed by atoms with Crippen LogP contribution in [0.15, 0.2) is 0 Å². The quantitative estimate of drug-likeness (QED) is 0.164. The summed E-state index contributed by atoms with van der Waals surface area (Å²) in [6.45, 7) is -0.606. The Bertz CT molecular complexity index is 690. The van der Waals surface area contributed by atoms with Crippen LogP contribution in [0.25, 0.3) is 0 Å². The summed E-state index contributed by atoms with van der Waals surface area (Å²) in [6, 6.07) is -1.40. The molecule has 15 nitrogen and oxygen atoms in total. The molecular weight excluding hydrogens is 438 g/mol. The third kappa shape index (κ3) is 6.02. The molecule has 2 aliphatic heterocycles. The van der Waals surface area contributed by atoms with Crippen molar-refractivity contribution >= 4 is 16.3 Å². The predicted octanol–water partition coefficient (Wildman–Crippen LogP) is -5.43. The SMILES string of the molecule is CC(=O)N[C@@H]1[C@@H](O[C@@H]2O[C@H](COS(=O)(=O)O)[C@H](O)[C@H](O)[C@H]2O)[C@H](O)[C@@H](CO)O[C@H]1O. The molecular formula is C14H25NO14S. The Kier molecular flexibility index (Phi) is 8.47. The van der Waals surface area contributed by atoms with Gasteiger partial charge in [-0.3, -0.25) is 9.35 Å². The van der Waals surface area contributed by atoms with E-state index in [0.717, 1.165) is 6.92 Å². The van der Waals surface area contributed by atoms with Crippen LogP contribution in [-0.2, 0) is 33.6 Å². The van der Waals surface area contributed by atoms with Crippen molar-refractivity contribution in [1.29, 1.82) is 0 Å². The second-order valence-electron chi connectivity index (χ2n) is 6.79. The van der Waals surface area contributed by atoms with Gasteiger partial charge in [0.2, 0.25) is 5.91 Å². The van der Waals surface area contributed by atoms with Crippen LogP contribution in [-0.4, -0.2) is 124 Å². The molecule has 0 aliphatic carbocycles. The monoisotopic (exact) mass is 463 g/mol. The van der Waals surface area contributed by atoms with E-state index in [9.17, 15) is 43.9 Å². The van der Waals surface area contributed by atoms with E-state index in [-0.39, 0.29) is 0 Å². The van der Waals surface area contributed by atoms with Crippen LogP contribution in [0, 0.1) is 0 Å². The number of nitrogens with one attached hydrogen (secondary N) is 1. The van der Waals surface area contributed by atoms with Crippen LogP contribution in [0.5, 0.6) is 0 Å². The molecule has 2 aliphatic rings. The molecule has 10 atom stereocenters. The van der Waals surface area contributed by atoms with Crippen LogP contribution < -0.4 is 5.32 Å². The zero-order chi connectivity index (χ0) is 22.8. The molecule has 0 radical (unpaired) electrons. The highest BCUT2D eigenvalue weighted by Crippen LogP contribution is 2.29. The molecule has 0 aromatic heterocycles. The minimum Gasteiger partial charge on any atom is -0.394 e. The zero-order valence-corrected chi connectivity index (χ0v) is 16.4. The summed E-state index contributed by atoms with van der Waals surface area (Å²) >= 11 is 0. The molecule has 16 heteroatoms. The summed E-state index contributed by atoms with van der Waals surface area (Å²) < 4.78 is 49.8. The van der Waals surface area contributed by atoms with Gasteiger partial charge in [-0.25, -0.2) is 4.18 Å². The van der Waals surface area contributed by atoms with Crippen LogP contribution in [0.3, 0.4) is 0 Å². The zero-order valence-electron chi connectivity index (χ0n) is 15.6. The number of rotatable bonds is 7. The van der Waals surface area contributed by atoms with Gasteiger partial charge in [-0.15, -0.1) is 0 Å². The van der Waals surface area contributed by atoms with Crippen LogP contribution in [0.2, 0.25) is 0 Å². The van der Waals surface area contributed by atoms with E-state index in [1.807, 2.05) is 0 Å². The second-order valence-corrected chi connectivity index (χ2v) is 7.88. The van der Waals surface area contributed by atoms with Gasteiger partial charge in [-0.2, -0.15) is 8.42 Å². The highest BCUT2D eigenvalue weighted by atomic mass is 32.3. The van der Waals surface area contributed by atoms with Crippen molar-refractivity contribution in [2.45, 2.75) is 68.3 Å². The summed E-state index contributed by atoms with van der Waals surface area (Å²) in [5, 5.41) is 62.1. The first-order chi connectivity index (χ1) is 13.9. The number of carbonyl (C=O) groups is 1. The molecule has 0 unspecified atom stereocenters. The molecule has 8 N–H and O–H groups in total. The molecule has 0 bridgehead atoms. The Balaban J connectivity index is 2.22. The maximum absolute atomic E-state index is 11.4. The molecule has 1 amide bonds. The molecule has 0 spiro atoms. The maximum Gasteiger partial charge on any atom is 0.397 e. The normalized spacial score (nSPS) is 42.7. The molecule has 0 aromatic rings. The van der Waals surface area contributed by atoms with E-state index < -0.39 is 90.9 Å². The number of amides is 1. The minimum absolute atomic E-state index is 0.647. The van der Waals surface area contributed by atoms with Gasteiger partial charge in [0, 0.05) is 6.92 Å². The van der Waals surface area contributed by atoms with Gasteiger partial charge in [0.15, 0.2) is 12.6 Å². The lowest BCUT2D eigenvalue weighted by molar-refractivity contribution is -0.341. The van der Waals surface area contributed by atoms with Crippen molar-refractivity contribution in [3.63, 3.8) is 0 Å². The third-order valence-electron chi connectivity index (χ3n) is 4.58. The van der Waals surface area contributed by atoms with Crippen LogP contribution >= 0.6 is 0 Å². The summed E-state index contributed by atoms with van der Waals surface area (Å²) in [7, 11) is -4.91. The van der Waals surface area contributed by atoms with Crippen molar-refractivity contribution in [2.75, 3.05) is 13.2 Å². The average Bonchev–Trinajstić information content (AvgIpc) is 2.65. The largest absolute Gasteiger partial charge is 0.397 e. The number of hydrogen-bond acceptors (Lipinski definition) is 13. The van der Waals surface area contributed by atoms with E-state index in [4.69, 9.17) is 18.8 Å². The van der Waals surface area contributed by atoms with Gasteiger partial charge < -0.3 is 50.2 Å². The van der Waals surface area contributed by atoms with Gasteiger partial charge in [0.1, 0.15) is 48.8 Å². The highest BCUT2D eigenvalue weighted by Gasteiger charge is 2.51. The molecule has 0 aromatic carbocycles. The van der Waals surface area contributed by atoms with Crippen molar-refractivity contribution < 1.29 is 66.8 Å². The molecule has 2 fully saturated rings. The first-order valence-electron chi connectivity index (χ1n) is 8.72. The molecule has 2 saturated heterocycles. The summed E-state index contributed by atoms with van der Waals surface area (Å²) in [5.41, 5.74) is 0. The first kappa shape index (κ1) is 25.2. The lowest BCUT2D eigenvalue weighted by atomic mass is 9.95. The van der Waals surface area contributed by atoms with Gasteiger partial charge in [0.05, 0.1) is 13.2 Å². The van der Waals surface area contributed by atoms with E-state index in [0.29, 0.717) is 0 Å². The standard InChI is InChI=1S/C14H25NO14S/c1-4(17)15-7-12(9(19)5(2-16)27-13(7)22)29-14-11(21)10(20)8(18)6(28-14)3-26-30(23,24)25/h5-14,16,18-22H,2-3H2,1H3,(H,15,17)(H,23,24,25)/t5-,6-,7-,8+,9-,10+,11-,12-,13-,14+/m1/s1. The number of hydrogen-bond donors (Lipinski definition) is 8. The van der Waals surface area contributed by atoms with E-state index >= 15 is 0 Å². The number of carbonyl (C=O) groups excluding carboxylic acids is 1.